The zero-order chi connectivity index (χ0) is 22.7. The molecule has 2 heterocycles. The average molecular weight is 441 g/mol. The molecule has 2 fully saturated rings. The molecule has 2 saturated heterocycles. The summed E-state index contributed by atoms with van der Waals surface area (Å²) in [6, 6.07) is 12.3. The van der Waals surface area contributed by atoms with Crippen molar-refractivity contribution in [2.75, 3.05) is 69.8 Å². The molecule has 32 heavy (non-hydrogen) atoms. The SMILES string of the molecule is COc1ccc(OC)c(N2CCN(CC(=O)N3CCN(c4ccccc4O)CC3)C2=O)c1. The Bertz CT molecular complexity index is 990. The van der Waals surface area contributed by atoms with Crippen LogP contribution >= 0.6 is 0 Å². The van der Waals surface area contributed by atoms with E-state index in [1.54, 1.807) is 59.3 Å². The Morgan fingerprint density at radius 3 is 2.38 bits per heavy atom. The highest BCUT2D eigenvalue weighted by Crippen LogP contribution is 2.34. The van der Waals surface area contributed by atoms with Gasteiger partial charge < -0.3 is 29.3 Å². The molecule has 0 saturated carbocycles. The molecular weight excluding hydrogens is 412 g/mol. The third-order valence-electron chi connectivity index (χ3n) is 5.95. The number of phenolic OH excluding ortho intramolecular Hbond substituents is 1. The van der Waals surface area contributed by atoms with Gasteiger partial charge in [-0.3, -0.25) is 9.69 Å². The van der Waals surface area contributed by atoms with Crippen molar-refractivity contribution >= 4 is 23.3 Å². The number of anilines is 2. The average Bonchev–Trinajstić information content (AvgIpc) is 3.18. The summed E-state index contributed by atoms with van der Waals surface area (Å²) in [5.74, 6) is 1.37. The fraction of sp³-hybridized carbons (Fsp3) is 0.391. The molecule has 0 spiro atoms. The zero-order valence-corrected chi connectivity index (χ0v) is 18.4. The van der Waals surface area contributed by atoms with Crippen molar-refractivity contribution in [3.8, 4) is 17.2 Å². The van der Waals surface area contributed by atoms with E-state index >= 15 is 0 Å². The van der Waals surface area contributed by atoms with Gasteiger partial charge in [-0.25, -0.2) is 4.79 Å². The molecule has 4 rings (SSSR count). The summed E-state index contributed by atoms with van der Waals surface area (Å²) in [7, 11) is 3.13. The number of carbonyl (C=O) groups is 2. The molecule has 0 unspecified atom stereocenters. The van der Waals surface area contributed by atoms with Crippen molar-refractivity contribution in [3.63, 3.8) is 0 Å². The maximum absolute atomic E-state index is 13.0. The molecule has 2 aromatic carbocycles. The number of para-hydroxylation sites is 2. The largest absolute Gasteiger partial charge is 0.506 e. The smallest absolute Gasteiger partial charge is 0.325 e. The molecule has 9 heteroatoms. The summed E-state index contributed by atoms with van der Waals surface area (Å²) >= 11 is 0. The zero-order valence-electron chi connectivity index (χ0n) is 18.4. The van der Waals surface area contributed by atoms with Gasteiger partial charge >= 0.3 is 6.03 Å². The number of hydrogen-bond donors (Lipinski definition) is 1. The Morgan fingerprint density at radius 2 is 1.69 bits per heavy atom. The van der Waals surface area contributed by atoms with Gasteiger partial charge in [0.15, 0.2) is 0 Å². The summed E-state index contributed by atoms with van der Waals surface area (Å²) in [6.45, 7) is 3.32. The van der Waals surface area contributed by atoms with Gasteiger partial charge in [0.2, 0.25) is 5.91 Å². The molecule has 2 aliphatic rings. The van der Waals surface area contributed by atoms with Crippen LogP contribution in [0.5, 0.6) is 17.2 Å². The van der Waals surface area contributed by atoms with E-state index in [1.165, 1.54) is 0 Å². The molecule has 9 nitrogen and oxygen atoms in total. The van der Waals surface area contributed by atoms with Gasteiger partial charge in [0.1, 0.15) is 23.8 Å². The predicted octanol–water partition coefficient (Wildman–Crippen LogP) is 2.00. The molecule has 0 aliphatic carbocycles. The summed E-state index contributed by atoms with van der Waals surface area (Å²) in [6.07, 6.45) is 0. The van der Waals surface area contributed by atoms with Gasteiger partial charge in [-0.15, -0.1) is 0 Å². The first-order valence-corrected chi connectivity index (χ1v) is 10.6. The molecular formula is C23H28N4O5. The second-order valence-corrected chi connectivity index (χ2v) is 7.75. The number of nitrogens with zero attached hydrogens (tertiary/aromatic N) is 4. The van der Waals surface area contributed by atoms with Crippen molar-refractivity contribution in [3.05, 3.63) is 42.5 Å². The Balaban J connectivity index is 1.36. The van der Waals surface area contributed by atoms with Crippen molar-refractivity contribution in [1.29, 1.82) is 0 Å². The number of amides is 3. The maximum atomic E-state index is 13.0. The van der Waals surface area contributed by atoms with Crippen LogP contribution in [0.25, 0.3) is 0 Å². The van der Waals surface area contributed by atoms with Crippen LogP contribution in [-0.2, 0) is 4.79 Å². The third kappa shape index (κ3) is 4.23. The molecule has 0 aromatic heterocycles. The van der Waals surface area contributed by atoms with E-state index < -0.39 is 0 Å². The first-order chi connectivity index (χ1) is 15.5. The van der Waals surface area contributed by atoms with Crippen LogP contribution in [0.3, 0.4) is 0 Å². The minimum atomic E-state index is -0.224. The Labute approximate surface area is 187 Å². The van der Waals surface area contributed by atoms with Crippen LogP contribution in [0, 0.1) is 0 Å². The van der Waals surface area contributed by atoms with Gasteiger partial charge in [-0.1, -0.05) is 12.1 Å². The molecule has 1 N–H and O–H groups in total. The molecule has 3 amide bonds. The first-order valence-electron chi connectivity index (χ1n) is 10.6. The van der Waals surface area contributed by atoms with Crippen LogP contribution in [0.4, 0.5) is 16.2 Å². The Hall–Kier alpha value is -3.62. The van der Waals surface area contributed by atoms with Crippen LogP contribution in [0.15, 0.2) is 42.5 Å². The number of benzene rings is 2. The molecule has 0 atom stereocenters. The van der Waals surface area contributed by atoms with E-state index in [-0.39, 0.29) is 24.2 Å². The maximum Gasteiger partial charge on any atom is 0.325 e. The first kappa shape index (κ1) is 21.6. The Kier molecular flexibility index (Phi) is 6.25. The summed E-state index contributed by atoms with van der Waals surface area (Å²) in [5.41, 5.74) is 1.40. The number of ether oxygens (including phenoxy) is 2. The number of phenols is 1. The highest BCUT2D eigenvalue weighted by molar-refractivity contribution is 5.98. The van der Waals surface area contributed by atoms with Gasteiger partial charge in [-0.2, -0.15) is 0 Å². The van der Waals surface area contributed by atoms with E-state index in [1.807, 2.05) is 12.1 Å². The van der Waals surface area contributed by atoms with Crippen LogP contribution in [-0.4, -0.2) is 86.9 Å². The van der Waals surface area contributed by atoms with Gasteiger partial charge in [0.25, 0.3) is 0 Å². The number of piperazine rings is 1. The van der Waals surface area contributed by atoms with Crippen molar-refractivity contribution in [2.45, 2.75) is 0 Å². The molecule has 2 aromatic rings. The van der Waals surface area contributed by atoms with E-state index in [9.17, 15) is 14.7 Å². The molecule has 2 aliphatic heterocycles. The fourth-order valence-electron chi connectivity index (χ4n) is 4.15. The standard InChI is InChI=1S/C23H28N4O5/c1-31-17-7-8-21(32-2)19(15-17)27-14-13-26(23(27)30)16-22(29)25-11-9-24(10-12-25)18-5-3-4-6-20(18)28/h3-8,15,28H,9-14,16H2,1-2H3. The van der Waals surface area contributed by atoms with Crippen molar-refractivity contribution < 1.29 is 24.2 Å². The lowest BCUT2D eigenvalue weighted by Crippen LogP contribution is -2.51. The van der Waals surface area contributed by atoms with Crippen molar-refractivity contribution in [1.82, 2.24) is 9.80 Å². The minimum Gasteiger partial charge on any atom is -0.506 e. The minimum absolute atomic E-state index is 0.0399. The highest BCUT2D eigenvalue weighted by Gasteiger charge is 2.34. The molecule has 170 valence electrons. The lowest BCUT2D eigenvalue weighted by atomic mass is 10.2. The van der Waals surface area contributed by atoms with Gasteiger partial charge in [-0.05, 0) is 24.3 Å². The monoisotopic (exact) mass is 440 g/mol. The summed E-state index contributed by atoms with van der Waals surface area (Å²) < 4.78 is 10.7. The molecule has 0 bridgehead atoms. The van der Waals surface area contributed by atoms with Gasteiger partial charge in [0, 0.05) is 45.3 Å². The number of methoxy groups -OCH3 is 2. The number of carbonyl (C=O) groups excluding carboxylic acids is 2. The summed E-state index contributed by atoms with van der Waals surface area (Å²) in [5, 5.41) is 10.1. The quantitative estimate of drug-likeness (QED) is 0.740. The number of hydrogen-bond acceptors (Lipinski definition) is 6. The predicted molar refractivity (Wildman–Crippen MR) is 121 cm³/mol. The highest BCUT2D eigenvalue weighted by atomic mass is 16.5. The van der Waals surface area contributed by atoms with E-state index in [0.29, 0.717) is 56.5 Å². The fourth-order valence-corrected chi connectivity index (χ4v) is 4.15. The van der Waals surface area contributed by atoms with E-state index in [0.717, 1.165) is 5.69 Å². The Morgan fingerprint density at radius 1 is 0.938 bits per heavy atom. The molecule has 0 radical (unpaired) electrons. The summed E-state index contributed by atoms with van der Waals surface area (Å²) in [4.78, 5) is 32.9. The van der Waals surface area contributed by atoms with Crippen LogP contribution < -0.4 is 19.3 Å². The topological polar surface area (TPSA) is 85.8 Å². The van der Waals surface area contributed by atoms with Crippen LogP contribution in [0.2, 0.25) is 0 Å². The second-order valence-electron chi connectivity index (χ2n) is 7.75. The van der Waals surface area contributed by atoms with E-state index in [2.05, 4.69) is 4.90 Å². The normalized spacial score (nSPS) is 16.5. The number of aromatic hydroxyl groups is 1. The lowest BCUT2D eigenvalue weighted by Gasteiger charge is -2.36. The number of rotatable bonds is 6. The van der Waals surface area contributed by atoms with Crippen LogP contribution in [0.1, 0.15) is 0 Å². The number of urea groups is 1. The lowest BCUT2D eigenvalue weighted by molar-refractivity contribution is -0.131. The van der Waals surface area contributed by atoms with Crippen molar-refractivity contribution in [2.24, 2.45) is 0 Å². The van der Waals surface area contributed by atoms with E-state index in [4.69, 9.17) is 9.47 Å². The van der Waals surface area contributed by atoms with Gasteiger partial charge in [0.05, 0.1) is 25.6 Å². The second kappa shape index (κ2) is 9.25. The third-order valence-corrected chi connectivity index (χ3v) is 5.95.